The van der Waals surface area contributed by atoms with E-state index < -0.39 is 0 Å². The smallest absolute Gasteiger partial charge is 0.116 e. The van der Waals surface area contributed by atoms with Crippen LogP contribution in [0.5, 0.6) is 5.75 Å². The fourth-order valence-corrected chi connectivity index (χ4v) is 2.62. The minimum atomic E-state index is 0.275. The maximum absolute atomic E-state index is 9.76. The molecule has 2 rings (SSSR count). The highest BCUT2D eigenvalue weighted by molar-refractivity contribution is 6.30. The lowest BCUT2D eigenvalue weighted by atomic mass is 9.93. The Bertz CT molecular complexity index is 645. The van der Waals surface area contributed by atoms with Gasteiger partial charge in [0.15, 0.2) is 0 Å². The molecule has 0 bridgehead atoms. The zero-order valence-electron chi connectivity index (χ0n) is 12.6. The van der Waals surface area contributed by atoms with Gasteiger partial charge in [-0.25, -0.2) is 0 Å². The highest BCUT2D eigenvalue weighted by atomic mass is 35.5. The Labute approximate surface area is 131 Å². The number of likely N-dealkylation sites (N-methyl/N-ethyl adjacent to an activating group) is 1. The molecule has 0 saturated carbocycles. The molecule has 2 aromatic rings. The van der Waals surface area contributed by atoms with Crippen LogP contribution in [0.15, 0.2) is 54.1 Å². The van der Waals surface area contributed by atoms with Crippen LogP contribution in [0.1, 0.15) is 18.1 Å². The van der Waals surface area contributed by atoms with E-state index >= 15 is 0 Å². The van der Waals surface area contributed by atoms with Crippen molar-refractivity contribution in [2.45, 2.75) is 6.92 Å². The third kappa shape index (κ3) is 4.10. The number of aromatic hydroxyl groups is 1. The largest absolute Gasteiger partial charge is 0.508 e. The maximum Gasteiger partial charge on any atom is 0.116 e. The Balaban J connectivity index is 2.56. The minimum absolute atomic E-state index is 0.275. The van der Waals surface area contributed by atoms with Crippen molar-refractivity contribution in [1.29, 1.82) is 0 Å². The van der Waals surface area contributed by atoms with Gasteiger partial charge in [-0.1, -0.05) is 41.4 Å². The van der Waals surface area contributed by atoms with Crippen molar-refractivity contribution < 1.29 is 5.11 Å². The Kier molecular flexibility index (Phi) is 5.05. The summed E-state index contributed by atoms with van der Waals surface area (Å²) in [7, 11) is 4.09. The molecule has 1 N–H and O–H groups in total. The molecule has 0 fully saturated rings. The number of hydrogen-bond acceptors (Lipinski definition) is 2. The fourth-order valence-electron chi connectivity index (χ4n) is 2.49. The first-order valence-electron chi connectivity index (χ1n) is 6.87. The van der Waals surface area contributed by atoms with Crippen LogP contribution >= 0.6 is 11.6 Å². The number of rotatable bonds is 4. The molecule has 0 amide bonds. The van der Waals surface area contributed by atoms with Crippen LogP contribution < -0.4 is 0 Å². The van der Waals surface area contributed by atoms with Crippen LogP contribution in [0.25, 0.3) is 5.57 Å². The minimum Gasteiger partial charge on any atom is -0.508 e. The monoisotopic (exact) mass is 301 g/mol. The molecule has 110 valence electrons. The molecular formula is C18H20ClNO. The van der Waals surface area contributed by atoms with Crippen molar-refractivity contribution in [3.05, 3.63) is 70.3 Å². The van der Waals surface area contributed by atoms with E-state index in [4.69, 9.17) is 11.6 Å². The zero-order valence-corrected chi connectivity index (χ0v) is 13.4. The summed E-state index contributed by atoms with van der Waals surface area (Å²) in [6.07, 6.45) is 0. The second kappa shape index (κ2) is 6.79. The summed E-state index contributed by atoms with van der Waals surface area (Å²) < 4.78 is 0. The normalized spacial score (nSPS) is 12.4. The van der Waals surface area contributed by atoms with Crippen molar-refractivity contribution in [3.63, 3.8) is 0 Å². The van der Waals surface area contributed by atoms with E-state index in [1.807, 2.05) is 50.5 Å². The van der Waals surface area contributed by atoms with Gasteiger partial charge in [-0.2, -0.15) is 0 Å². The average Bonchev–Trinajstić information content (AvgIpc) is 2.40. The quantitative estimate of drug-likeness (QED) is 0.903. The van der Waals surface area contributed by atoms with Gasteiger partial charge in [0.2, 0.25) is 0 Å². The van der Waals surface area contributed by atoms with Crippen molar-refractivity contribution in [3.8, 4) is 5.75 Å². The van der Waals surface area contributed by atoms with Gasteiger partial charge in [0.25, 0.3) is 0 Å². The molecule has 21 heavy (non-hydrogen) atoms. The van der Waals surface area contributed by atoms with Crippen molar-refractivity contribution in [1.82, 2.24) is 4.90 Å². The summed E-state index contributed by atoms with van der Waals surface area (Å²) in [6.45, 7) is 2.97. The van der Waals surface area contributed by atoms with Crippen LogP contribution in [-0.4, -0.2) is 30.6 Å². The second-order valence-corrected chi connectivity index (χ2v) is 5.89. The fraction of sp³-hybridized carbons (Fsp3) is 0.222. The first-order valence-corrected chi connectivity index (χ1v) is 7.25. The van der Waals surface area contributed by atoms with E-state index in [-0.39, 0.29) is 5.75 Å². The number of phenols is 1. The van der Waals surface area contributed by atoms with E-state index in [2.05, 4.69) is 11.8 Å². The van der Waals surface area contributed by atoms with E-state index in [1.54, 1.807) is 12.1 Å². The Morgan fingerprint density at radius 1 is 1.05 bits per heavy atom. The highest BCUT2D eigenvalue weighted by Crippen LogP contribution is 2.30. The van der Waals surface area contributed by atoms with Crippen molar-refractivity contribution >= 4 is 17.2 Å². The Morgan fingerprint density at radius 3 is 2.29 bits per heavy atom. The molecule has 0 aliphatic heterocycles. The molecule has 2 nitrogen and oxygen atoms in total. The summed E-state index contributed by atoms with van der Waals surface area (Å²) in [5.74, 6) is 0.275. The Hall–Kier alpha value is -1.77. The molecule has 0 aliphatic carbocycles. The third-order valence-electron chi connectivity index (χ3n) is 3.25. The summed E-state index contributed by atoms with van der Waals surface area (Å²) in [6, 6.07) is 15.2. The van der Waals surface area contributed by atoms with Crippen molar-refractivity contribution in [2.24, 2.45) is 0 Å². The van der Waals surface area contributed by atoms with E-state index in [9.17, 15) is 5.11 Å². The number of benzene rings is 2. The van der Waals surface area contributed by atoms with Gasteiger partial charge in [-0.15, -0.1) is 0 Å². The lowest BCUT2D eigenvalue weighted by molar-refractivity contribution is 0.446. The summed E-state index contributed by atoms with van der Waals surface area (Å²) >= 11 is 5.99. The van der Waals surface area contributed by atoms with Gasteiger partial charge < -0.3 is 10.0 Å². The molecule has 0 atom stereocenters. The van der Waals surface area contributed by atoms with Crippen LogP contribution in [-0.2, 0) is 0 Å². The van der Waals surface area contributed by atoms with Crippen LogP contribution in [0, 0.1) is 0 Å². The van der Waals surface area contributed by atoms with Gasteiger partial charge in [0, 0.05) is 11.6 Å². The predicted octanol–water partition coefficient (Wildman–Crippen LogP) is 4.43. The standard InChI is InChI=1S/C18H20ClNO/c1-13(12-20(2)3)18(14-7-9-16(19)10-8-14)15-5-4-6-17(21)11-15/h4-11,21H,12H2,1-3H3/b18-13+. The summed E-state index contributed by atoms with van der Waals surface area (Å²) in [4.78, 5) is 2.13. The Morgan fingerprint density at radius 2 is 1.71 bits per heavy atom. The molecule has 0 radical (unpaired) electrons. The zero-order chi connectivity index (χ0) is 15.4. The molecular weight excluding hydrogens is 282 g/mol. The summed E-state index contributed by atoms with van der Waals surface area (Å²) in [5, 5.41) is 10.5. The number of halogens is 1. The van der Waals surface area contributed by atoms with Gasteiger partial charge in [0.05, 0.1) is 0 Å². The van der Waals surface area contributed by atoms with E-state index in [0.29, 0.717) is 0 Å². The number of nitrogens with zero attached hydrogens (tertiary/aromatic N) is 1. The van der Waals surface area contributed by atoms with E-state index in [1.165, 1.54) is 5.57 Å². The lowest BCUT2D eigenvalue weighted by Crippen LogP contribution is -2.15. The van der Waals surface area contributed by atoms with Gasteiger partial charge in [-0.05, 0) is 62.0 Å². The molecule has 0 aliphatic rings. The second-order valence-electron chi connectivity index (χ2n) is 5.45. The molecule has 2 aromatic carbocycles. The molecule has 0 saturated heterocycles. The van der Waals surface area contributed by atoms with Crippen molar-refractivity contribution in [2.75, 3.05) is 20.6 Å². The number of hydrogen-bond donors (Lipinski definition) is 1. The molecule has 0 spiro atoms. The number of phenolic OH excluding ortho intramolecular Hbond substituents is 1. The lowest BCUT2D eigenvalue weighted by Gasteiger charge is -2.17. The van der Waals surface area contributed by atoms with E-state index in [0.717, 1.165) is 28.3 Å². The van der Waals surface area contributed by atoms with Gasteiger partial charge in [-0.3, -0.25) is 0 Å². The first kappa shape index (κ1) is 15.6. The topological polar surface area (TPSA) is 23.5 Å². The highest BCUT2D eigenvalue weighted by Gasteiger charge is 2.10. The molecule has 0 unspecified atom stereocenters. The van der Waals surface area contributed by atoms with Crippen LogP contribution in [0.3, 0.4) is 0 Å². The first-order chi connectivity index (χ1) is 9.97. The predicted molar refractivity (Wildman–Crippen MR) is 89.8 cm³/mol. The summed E-state index contributed by atoms with van der Waals surface area (Å²) in [5.41, 5.74) is 4.49. The molecule has 0 aromatic heterocycles. The SMILES string of the molecule is C/C(CN(C)C)=C(/c1ccc(Cl)cc1)c1cccc(O)c1. The van der Waals surface area contributed by atoms with Crippen LogP contribution in [0.4, 0.5) is 0 Å². The third-order valence-corrected chi connectivity index (χ3v) is 3.50. The molecule has 0 heterocycles. The van der Waals surface area contributed by atoms with Crippen LogP contribution in [0.2, 0.25) is 5.02 Å². The average molecular weight is 302 g/mol. The molecule has 3 heteroatoms. The maximum atomic E-state index is 9.76. The van der Waals surface area contributed by atoms with Gasteiger partial charge in [0.1, 0.15) is 5.75 Å². The van der Waals surface area contributed by atoms with Gasteiger partial charge >= 0.3 is 0 Å².